The van der Waals surface area contributed by atoms with Crippen LogP contribution in [0.4, 0.5) is 0 Å². The van der Waals surface area contributed by atoms with Gasteiger partial charge in [-0.2, -0.15) is 0 Å². The monoisotopic (exact) mass is 205 g/mol. The topological polar surface area (TPSA) is 29.5 Å². The molecule has 0 aliphatic carbocycles. The third-order valence-corrected chi connectivity index (χ3v) is 2.41. The lowest BCUT2D eigenvalue weighted by molar-refractivity contribution is -0.140. The van der Waals surface area contributed by atoms with Gasteiger partial charge < -0.3 is 9.64 Å². The van der Waals surface area contributed by atoms with E-state index in [2.05, 4.69) is 4.90 Å². The molecule has 1 heterocycles. The molecule has 0 N–H and O–H groups in total. The van der Waals surface area contributed by atoms with E-state index in [1.807, 2.05) is 0 Å². The van der Waals surface area contributed by atoms with Crippen LogP contribution in [-0.2, 0) is 9.53 Å². The zero-order chi connectivity index (χ0) is 9.52. The standard InChI is InChI=1S/C9H16ClNO2/c10-8-9(12)13-7-3-6-11-4-1-2-5-11/h1-8H2. The summed E-state index contributed by atoms with van der Waals surface area (Å²) in [6, 6.07) is 0. The molecule has 1 rings (SSSR count). The molecule has 13 heavy (non-hydrogen) atoms. The van der Waals surface area contributed by atoms with Gasteiger partial charge >= 0.3 is 5.97 Å². The summed E-state index contributed by atoms with van der Waals surface area (Å²) < 4.78 is 4.85. The molecule has 0 aromatic heterocycles. The molecule has 0 spiro atoms. The molecule has 1 aliphatic rings. The summed E-state index contributed by atoms with van der Waals surface area (Å²) in [4.78, 5) is 13.0. The summed E-state index contributed by atoms with van der Waals surface area (Å²) in [6.45, 7) is 3.94. The third-order valence-electron chi connectivity index (χ3n) is 2.19. The van der Waals surface area contributed by atoms with E-state index >= 15 is 0 Å². The molecule has 0 amide bonds. The van der Waals surface area contributed by atoms with Crippen LogP contribution in [0.5, 0.6) is 0 Å². The van der Waals surface area contributed by atoms with Crippen LogP contribution in [0.2, 0.25) is 0 Å². The fourth-order valence-electron chi connectivity index (χ4n) is 1.52. The number of carbonyl (C=O) groups is 1. The molecule has 0 aromatic rings. The van der Waals surface area contributed by atoms with Crippen LogP contribution < -0.4 is 0 Å². The number of hydrogen-bond acceptors (Lipinski definition) is 3. The predicted octanol–water partition coefficient (Wildman–Crippen LogP) is 1.25. The van der Waals surface area contributed by atoms with Crippen molar-refractivity contribution in [1.82, 2.24) is 4.90 Å². The Hall–Kier alpha value is -0.280. The van der Waals surface area contributed by atoms with Crippen molar-refractivity contribution < 1.29 is 9.53 Å². The molecule has 4 heteroatoms. The maximum Gasteiger partial charge on any atom is 0.320 e. The van der Waals surface area contributed by atoms with Crippen molar-refractivity contribution in [2.75, 3.05) is 32.1 Å². The summed E-state index contributed by atoms with van der Waals surface area (Å²) >= 11 is 5.27. The summed E-state index contributed by atoms with van der Waals surface area (Å²) in [7, 11) is 0. The van der Waals surface area contributed by atoms with Gasteiger partial charge in [-0.05, 0) is 32.4 Å². The van der Waals surface area contributed by atoms with Gasteiger partial charge in [0.25, 0.3) is 0 Å². The van der Waals surface area contributed by atoms with Gasteiger partial charge in [-0.1, -0.05) is 0 Å². The van der Waals surface area contributed by atoms with Crippen LogP contribution in [0.1, 0.15) is 19.3 Å². The first-order valence-electron chi connectivity index (χ1n) is 4.77. The molecule has 76 valence electrons. The minimum atomic E-state index is -0.317. The number of ether oxygens (including phenoxy) is 1. The lowest BCUT2D eigenvalue weighted by Gasteiger charge is -2.13. The zero-order valence-electron chi connectivity index (χ0n) is 7.80. The van der Waals surface area contributed by atoms with E-state index in [4.69, 9.17) is 16.3 Å². The van der Waals surface area contributed by atoms with Gasteiger partial charge in [0.1, 0.15) is 5.88 Å². The van der Waals surface area contributed by atoms with E-state index in [0.29, 0.717) is 6.61 Å². The third kappa shape index (κ3) is 4.48. The van der Waals surface area contributed by atoms with Crippen LogP contribution in [0.15, 0.2) is 0 Å². The fraction of sp³-hybridized carbons (Fsp3) is 0.889. The summed E-state index contributed by atoms with van der Waals surface area (Å²) in [5, 5.41) is 0. The van der Waals surface area contributed by atoms with E-state index in [1.165, 1.54) is 25.9 Å². The van der Waals surface area contributed by atoms with Crippen LogP contribution in [0.25, 0.3) is 0 Å². The second kappa shape index (κ2) is 6.22. The van der Waals surface area contributed by atoms with Crippen LogP contribution in [-0.4, -0.2) is 43.0 Å². The molecule has 0 saturated carbocycles. The van der Waals surface area contributed by atoms with E-state index < -0.39 is 0 Å². The lowest BCUT2D eigenvalue weighted by atomic mass is 10.4. The van der Waals surface area contributed by atoms with Gasteiger partial charge in [-0.15, -0.1) is 11.6 Å². The Balaban J connectivity index is 1.91. The Morgan fingerprint density at radius 2 is 2.08 bits per heavy atom. The minimum Gasteiger partial charge on any atom is -0.465 e. The Bertz CT molecular complexity index is 158. The average molecular weight is 206 g/mol. The predicted molar refractivity (Wildman–Crippen MR) is 52.0 cm³/mol. The molecule has 0 bridgehead atoms. The maximum absolute atomic E-state index is 10.6. The molecular weight excluding hydrogens is 190 g/mol. The summed E-state index contributed by atoms with van der Waals surface area (Å²) in [6.07, 6.45) is 3.53. The normalized spacial score (nSPS) is 17.6. The van der Waals surface area contributed by atoms with Gasteiger partial charge in [-0.25, -0.2) is 0 Å². The van der Waals surface area contributed by atoms with Gasteiger partial charge in [0.2, 0.25) is 0 Å². The fourth-order valence-corrected chi connectivity index (χ4v) is 1.60. The zero-order valence-corrected chi connectivity index (χ0v) is 8.55. The number of alkyl halides is 1. The number of nitrogens with zero attached hydrogens (tertiary/aromatic N) is 1. The van der Waals surface area contributed by atoms with E-state index in [0.717, 1.165) is 13.0 Å². The second-order valence-corrected chi connectivity index (χ2v) is 3.52. The van der Waals surface area contributed by atoms with Crippen molar-refractivity contribution in [3.8, 4) is 0 Å². The van der Waals surface area contributed by atoms with Crippen molar-refractivity contribution in [2.24, 2.45) is 0 Å². The highest BCUT2D eigenvalue weighted by atomic mass is 35.5. The molecule has 1 saturated heterocycles. The van der Waals surface area contributed by atoms with Gasteiger partial charge in [0.15, 0.2) is 0 Å². The van der Waals surface area contributed by atoms with Gasteiger partial charge in [0, 0.05) is 6.54 Å². The highest BCUT2D eigenvalue weighted by molar-refractivity contribution is 6.26. The summed E-state index contributed by atoms with van der Waals surface area (Å²) in [5.74, 6) is -0.355. The molecule has 0 radical (unpaired) electrons. The van der Waals surface area contributed by atoms with Crippen molar-refractivity contribution >= 4 is 17.6 Å². The van der Waals surface area contributed by atoms with Crippen molar-refractivity contribution in [3.63, 3.8) is 0 Å². The molecule has 0 aromatic carbocycles. The van der Waals surface area contributed by atoms with Gasteiger partial charge in [0.05, 0.1) is 6.61 Å². The lowest BCUT2D eigenvalue weighted by Crippen LogP contribution is -2.22. The number of likely N-dealkylation sites (tertiary alicyclic amines) is 1. The number of halogens is 1. The molecule has 0 unspecified atom stereocenters. The second-order valence-electron chi connectivity index (χ2n) is 3.26. The van der Waals surface area contributed by atoms with E-state index in [9.17, 15) is 4.79 Å². The largest absolute Gasteiger partial charge is 0.465 e. The smallest absolute Gasteiger partial charge is 0.320 e. The van der Waals surface area contributed by atoms with E-state index in [1.54, 1.807) is 0 Å². The van der Waals surface area contributed by atoms with Crippen molar-refractivity contribution in [3.05, 3.63) is 0 Å². The van der Waals surface area contributed by atoms with Crippen molar-refractivity contribution in [1.29, 1.82) is 0 Å². The average Bonchev–Trinajstić information content (AvgIpc) is 2.64. The highest BCUT2D eigenvalue weighted by Crippen LogP contribution is 2.07. The quantitative estimate of drug-likeness (QED) is 0.385. The molecular formula is C9H16ClNO2. The van der Waals surface area contributed by atoms with Crippen LogP contribution in [0, 0.1) is 0 Å². The van der Waals surface area contributed by atoms with Crippen molar-refractivity contribution in [2.45, 2.75) is 19.3 Å². The molecule has 1 fully saturated rings. The first kappa shape index (κ1) is 10.8. The molecule has 1 aliphatic heterocycles. The first-order chi connectivity index (χ1) is 6.33. The Morgan fingerprint density at radius 3 is 2.69 bits per heavy atom. The minimum absolute atomic E-state index is 0.0380. The number of rotatable bonds is 5. The maximum atomic E-state index is 10.6. The molecule has 0 atom stereocenters. The Kier molecular flexibility index (Phi) is 5.16. The number of hydrogen-bond donors (Lipinski definition) is 0. The molecule has 3 nitrogen and oxygen atoms in total. The van der Waals surface area contributed by atoms with Crippen LogP contribution in [0.3, 0.4) is 0 Å². The van der Waals surface area contributed by atoms with Gasteiger partial charge in [-0.3, -0.25) is 4.79 Å². The highest BCUT2D eigenvalue weighted by Gasteiger charge is 2.10. The Morgan fingerprint density at radius 1 is 1.38 bits per heavy atom. The number of esters is 1. The number of carbonyl (C=O) groups excluding carboxylic acids is 1. The Labute approximate surface area is 84.0 Å². The van der Waals surface area contributed by atoms with E-state index in [-0.39, 0.29) is 11.8 Å². The SMILES string of the molecule is O=C(CCl)OCCCN1CCCC1. The van der Waals surface area contributed by atoms with Crippen LogP contribution >= 0.6 is 11.6 Å². The first-order valence-corrected chi connectivity index (χ1v) is 5.30. The summed E-state index contributed by atoms with van der Waals surface area (Å²) in [5.41, 5.74) is 0.